The van der Waals surface area contributed by atoms with Crippen LogP contribution in [0.15, 0.2) is 42.7 Å². The van der Waals surface area contributed by atoms with Gasteiger partial charge >= 0.3 is 0 Å². The first kappa shape index (κ1) is 28.1. The van der Waals surface area contributed by atoms with Gasteiger partial charge in [0.25, 0.3) is 0 Å². The lowest BCUT2D eigenvalue weighted by molar-refractivity contribution is -0.135. The number of carbonyl (C=O) groups is 2. The van der Waals surface area contributed by atoms with Crippen LogP contribution in [-0.2, 0) is 9.59 Å². The van der Waals surface area contributed by atoms with Crippen molar-refractivity contribution in [1.82, 2.24) is 35.3 Å². The zero-order chi connectivity index (χ0) is 28.6. The number of carbonyl (C=O) groups excluding carboxylic acids is 2. The van der Waals surface area contributed by atoms with Crippen molar-refractivity contribution >= 4 is 40.2 Å². The Hall–Kier alpha value is -4.43. The van der Waals surface area contributed by atoms with E-state index in [1.165, 1.54) is 0 Å². The highest BCUT2D eigenvalue weighted by molar-refractivity contribution is 5.93. The lowest BCUT2D eigenvalue weighted by atomic mass is 10.2. The summed E-state index contributed by atoms with van der Waals surface area (Å²) in [6, 6.07) is 5.94. The number of unbranched alkanes of at least 4 members (excludes halogenated alkanes) is 1. The zero-order valence-electron chi connectivity index (χ0n) is 23.6. The van der Waals surface area contributed by atoms with E-state index in [4.69, 9.17) is 0 Å². The van der Waals surface area contributed by atoms with E-state index in [0.29, 0.717) is 50.9 Å². The fourth-order valence-corrected chi connectivity index (χ4v) is 4.64. The number of hydrogen-bond acceptors (Lipinski definition) is 8. The van der Waals surface area contributed by atoms with Gasteiger partial charge in [0.05, 0.1) is 23.5 Å². The van der Waals surface area contributed by atoms with Gasteiger partial charge in [-0.05, 0) is 64.4 Å². The van der Waals surface area contributed by atoms with Crippen LogP contribution in [0.4, 0.5) is 17.5 Å². The number of likely N-dealkylation sites (tertiary alicyclic amines) is 1. The van der Waals surface area contributed by atoms with Crippen molar-refractivity contribution in [2.75, 3.05) is 44.4 Å². The summed E-state index contributed by atoms with van der Waals surface area (Å²) >= 11 is 0. The highest BCUT2D eigenvalue weighted by atomic mass is 16.2. The molecule has 1 aliphatic carbocycles. The van der Waals surface area contributed by atoms with Gasteiger partial charge in [-0.2, -0.15) is 10.1 Å². The Morgan fingerprint density at radius 3 is 2.93 bits per heavy atom. The Labute approximate surface area is 240 Å². The molecule has 2 amide bonds. The average Bonchev–Trinajstić information content (AvgIpc) is 3.42. The molecule has 11 heteroatoms. The number of hydrogen-bond donors (Lipinski definition) is 4. The smallest absolute Gasteiger partial charge is 0.246 e. The van der Waals surface area contributed by atoms with E-state index in [0.717, 1.165) is 47.2 Å². The van der Waals surface area contributed by atoms with E-state index in [1.54, 1.807) is 23.4 Å². The summed E-state index contributed by atoms with van der Waals surface area (Å²) in [7, 11) is 3.89. The summed E-state index contributed by atoms with van der Waals surface area (Å²) in [4.78, 5) is 38.1. The molecule has 0 radical (unpaired) electrons. The largest absolute Gasteiger partial charge is 0.366 e. The molecule has 3 aromatic rings. The van der Waals surface area contributed by atoms with Crippen molar-refractivity contribution < 1.29 is 9.59 Å². The van der Waals surface area contributed by atoms with Gasteiger partial charge in [0, 0.05) is 49.2 Å². The van der Waals surface area contributed by atoms with Gasteiger partial charge < -0.3 is 25.8 Å². The Morgan fingerprint density at radius 1 is 1.22 bits per heavy atom. The lowest BCUT2D eigenvalue weighted by Crippen LogP contribution is -2.45. The van der Waals surface area contributed by atoms with Gasteiger partial charge in [0.1, 0.15) is 11.9 Å². The number of fused-ring (bicyclic) bond motifs is 1. The number of anilines is 3. The molecule has 1 aromatic carbocycles. The number of likely N-dealkylation sites (N-methyl/N-ethyl adjacent to an activating group) is 1. The molecule has 1 atom stereocenters. The SMILES string of the molecule is CN(C)CC=CC(=O)N1CCC[C@H]1C(=O)NCCCC#Cc1cnc(Nc2ccc3cn[nH]c3c2)nc1NC1CC1. The molecule has 2 fully saturated rings. The number of amides is 2. The third-order valence-corrected chi connectivity index (χ3v) is 6.98. The first-order chi connectivity index (χ1) is 20.0. The van der Waals surface area contributed by atoms with Gasteiger partial charge in [0.15, 0.2) is 0 Å². The molecule has 2 aromatic heterocycles. The van der Waals surface area contributed by atoms with Crippen molar-refractivity contribution in [3.05, 3.63) is 48.3 Å². The number of benzene rings is 1. The first-order valence-corrected chi connectivity index (χ1v) is 14.2. The molecule has 3 heterocycles. The van der Waals surface area contributed by atoms with Gasteiger partial charge in [0.2, 0.25) is 17.8 Å². The quantitative estimate of drug-likeness (QED) is 0.161. The van der Waals surface area contributed by atoms with Gasteiger partial charge in [-0.3, -0.25) is 14.7 Å². The molecular formula is C30H37N9O2. The maximum absolute atomic E-state index is 12.8. The maximum atomic E-state index is 12.8. The maximum Gasteiger partial charge on any atom is 0.246 e. The fourth-order valence-electron chi connectivity index (χ4n) is 4.64. The summed E-state index contributed by atoms with van der Waals surface area (Å²) in [5.74, 6) is 7.41. The Kier molecular flexibility index (Phi) is 9.11. The van der Waals surface area contributed by atoms with E-state index < -0.39 is 6.04 Å². The van der Waals surface area contributed by atoms with Crippen LogP contribution in [0.3, 0.4) is 0 Å². The Balaban J connectivity index is 1.11. The van der Waals surface area contributed by atoms with Crippen LogP contribution in [0.1, 0.15) is 44.1 Å². The minimum absolute atomic E-state index is 0.0936. The number of H-pyrrole nitrogens is 1. The van der Waals surface area contributed by atoms with E-state index >= 15 is 0 Å². The highest BCUT2D eigenvalue weighted by Crippen LogP contribution is 2.27. The van der Waals surface area contributed by atoms with Crippen molar-refractivity contribution in [1.29, 1.82) is 0 Å². The summed E-state index contributed by atoms with van der Waals surface area (Å²) in [6.07, 6.45) is 12.0. The van der Waals surface area contributed by atoms with E-state index in [9.17, 15) is 9.59 Å². The minimum Gasteiger partial charge on any atom is -0.366 e. The lowest BCUT2D eigenvalue weighted by Gasteiger charge is -2.22. The van der Waals surface area contributed by atoms with Crippen molar-refractivity contribution in [2.45, 2.75) is 50.6 Å². The number of aromatic nitrogens is 4. The molecule has 41 heavy (non-hydrogen) atoms. The summed E-state index contributed by atoms with van der Waals surface area (Å²) in [6.45, 7) is 1.81. The number of aromatic amines is 1. The van der Waals surface area contributed by atoms with Gasteiger partial charge in [-0.15, -0.1) is 0 Å². The highest BCUT2D eigenvalue weighted by Gasteiger charge is 2.32. The van der Waals surface area contributed by atoms with Crippen LogP contribution in [-0.4, -0.2) is 87.6 Å². The molecule has 2 aliphatic rings. The van der Waals surface area contributed by atoms with E-state index in [-0.39, 0.29) is 11.8 Å². The predicted octanol–water partition coefficient (Wildman–Crippen LogP) is 3.03. The van der Waals surface area contributed by atoms with Gasteiger partial charge in [-0.1, -0.05) is 17.9 Å². The Morgan fingerprint density at radius 2 is 2.10 bits per heavy atom. The third kappa shape index (κ3) is 7.83. The van der Waals surface area contributed by atoms with Crippen molar-refractivity contribution in [3.63, 3.8) is 0 Å². The van der Waals surface area contributed by atoms with Crippen molar-refractivity contribution in [3.8, 4) is 11.8 Å². The second-order valence-corrected chi connectivity index (χ2v) is 10.7. The average molecular weight is 556 g/mol. The number of rotatable bonds is 11. The van der Waals surface area contributed by atoms with Crippen LogP contribution in [0, 0.1) is 11.8 Å². The molecular weight excluding hydrogens is 518 g/mol. The molecule has 5 rings (SSSR count). The molecule has 214 valence electrons. The first-order valence-electron chi connectivity index (χ1n) is 14.2. The normalized spacial score (nSPS) is 16.7. The van der Waals surface area contributed by atoms with Gasteiger partial charge in [-0.25, -0.2) is 4.98 Å². The molecule has 1 saturated carbocycles. The molecule has 1 saturated heterocycles. The second kappa shape index (κ2) is 13.3. The van der Waals surface area contributed by atoms with Crippen LogP contribution < -0.4 is 16.0 Å². The Bertz CT molecular complexity index is 1470. The summed E-state index contributed by atoms with van der Waals surface area (Å²) < 4.78 is 0. The number of nitrogens with zero attached hydrogens (tertiary/aromatic N) is 5. The standard InChI is InChI=1S/C30H37N9O2/c1-38(2)16-7-10-27(40)39-17-6-9-26(39)29(41)31-15-5-3-4-8-22-19-32-30(36-28(22)34-23-13-14-23)35-24-12-11-21-20-33-37-25(21)18-24/h7,10-12,18-20,23,26H,3,5-6,9,13-17H2,1-2H3,(H,31,41)(H,33,37)(H2,32,34,35,36)/t26-/m0/s1. The number of nitrogens with one attached hydrogen (secondary N) is 4. The van der Waals surface area contributed by atoms with E-state index in [2.05, 4.69) is 48.0 Å². The topological polar surface area (TPSA) is 131 Å². The molecule has 1 aliphatic heterocycles. The molecule has 11 nitrogen and oxygen atoms in total. The van der Waals surface area contributed by atoms with Crippen LogP contribution in [0.2, 0.25) is 0 Å². The minimum atomic E-state index is -0.403. The molecule has 0 spiro atoms. The van der Waals surface area contributed by atoms with E-state index in [1.807, 2.05) is 43.3 Å². The molecule has 0 bridgehead atoms. The third-order valence-electron chi connectivity index (χ3n) is 6.98. The predicted molar refractivity (Wildman–Crippen MR) is 160 cm³/mol. The van der Waals surface area contributed by atoms with Crippen LogP contribution >= 0.6 is 0 Å². The van der Waals surface area contributed by atoms with Crippen molar-refractivity contribution in [2.24, 2.45) is 0 Å². The fraction of sp³-hybridized carbons (Fsp3) is 0.433. The molecule has 0 unspecified atom stereocenters. The summed E-state index contributed by atoms with van der Waals surface area (Å²) in [5, 5.41) is 17.8. The second-order valence-electron chi connectivity index (χ2n) is 10.7. The van der Waals surface area contributed by atoms with Crippen LogP contribution in [0.25, 0.3) is 10.9 Å². The zero-order valence-corrected chi connectivity index (χ0v) is 23.6. The molecule has 4 N–H and O–H groups in total. The summed E-state index contributed by atoms with van der Waals surface area (Å²) in [5.41, 5.74) is 2.55. The monoisotopic (exact) mass is 555 g/mol. The van der Waals surface area contributed by atoms with Crippen LogP contribution in [0.5, 0.6) is 0 Å².